The Balaban J connectivity index is 2.26. The highest BCUT2D eigenvalue weighted by atomic mass is 16.3. The Bertz CT molecular complexity index is 912. The van der Waals surface area contributed by atoms with Crippen LogP contribution in [0, 0.1) is 0 Å². The molecule has 3 aromatic rings. The minimum atomic E-state index is -0.856. The van der Waals surface area contributed by atoms with Crippen LogP contribution in [0.1, 0.15) is 27.2 Å². The fourth-order valence-corrected chi connectivity index (χ4v) is 3.31. The van der Waals surface area contributed by atoms with Gasteiger partial charge in [-0.15, -0.1) is 0 Å². The van der Waals surface area contributed by atoms with Gasteiger partial charge in [0, 0.05) is 26.2 Å². The number of aliphatic hydroxyl groups is 1. The van der Waals surface area contributed by atoms with Gasteiger partial charge in [0.05, 0.1) is 23.4 Å². The first-order valence-electron chi connectivity index (χ1n) is 9.42. The van der Waals surface area contributed by atoms with E-state index >= 15 is 0 Å². The molecule has 27 heavy (non-hydrogen) atoms. The van der Waals surface area contributed by atoms with Gasteiger partial charge in [0.1, 0.15) is 5.52 Å². The second kappa shape index (κ2) is 7.56. The molecular formula is C21H29N5O. The molecule has 0 aliphatic heterocycles. The fraction of sp³-hybridized carbons (Fsp3) is 0.429. The Morgan fingerprint density at radius 2 is 1.89 bits per heavy atom. The molecular weight excluding hydrogens is 338 g/mol. The van der Waals surface area contributed by atoms with Crippen molar-refractivity contribution in [2.75, 3.05) is 30.9 Å². The average molecular weight is 367 g/mol. The third-order valence-corrected chi connectivity index (χ3v) is 4.47. The third-order valence-electron chi connectivity index (χ3n) is 4.47. The molecule has 6 nitrogen and oxygen atoms in total. The predicted octanol–water partition coefficient (Wildman–Crippen LogP) is 3.76. The normalized spacial score (nSPS) is 11.8. The third kappa shape index (κ3) is 4.06. The van der Waals surface area contributed by atoms with E-state index in [2.05, 4.69) is 39.9 Å². The van der Waals surface area contributed by atoms with Gasteiger partial charge in [-0.25, -0.2) is 9.97 Å². The second-order valence-electron chi connectivity index (χ2n) is 7.57. The summed E-state index contributed by atoms with van der Waals surface area (Å²) in [5.41, 5.74) is 2.86. The molecule has 0 bridgehead atoms. The summed E-state index contributed by atoms with van der Waals surface area (Å²) < 4.78 is 2.10. The van der Waals surface area contributed by atoms with Crippen molar-refractivity contribution in [3.63, 3.8) is 0 Å². The van der Waals surface area contributed by atoms with Crippen LogP contribution in [-0.4, -0.2) is 45.9 Å². The number of nitrogens with one attached hydrogen (secondary N) is 1. The number of benzene rings is 1. The zero-order chi connectivity index (χ0) is 19.6. The summed E-state index contributed by atoms with van der Waals surface area (Å²) >= 11 is 0. The van der Waals surface area contributed by atoms with E-state index in [0.29, 0.717) is 6.54 Å². The number of imidazole rings is 1. The van der Waals surface area contributed by atoms with Crippen LogP contribution in [-0.2, 0) is 6.54 Å². The van der Waals surface area contributed by atoms with Gasteiger partial charge in [-0.05, 0) is 26.3 Å². The van der Waals surface area contributed by atoms with Gasteiger partial charge in [0.2, 0.25) is 5.95 Å². The molecule has 0 saturated carbocycles. The highest BCUT2D eigenvalue weighted by Crippen LogP contribution is 2.32. The lowest BCUT2D eigenvalue weighted by molar-refractivity contribution is 0.0630. The molecule has 0 aliphatic carbocycles. The van der Waals surface area contributed by atoms with Crippen molar-refractivity contribution in [1.82, 2.24) is 14.5 Å². The maximum absolute atomic E-state index is 10.5. The Labute approximate surface area is 160 Å². The molecule has 0 spiro atoms. The van der Waals surface area contributed by atoms with Crippen molar-refractivity contribution < 1.29 is 5.11 Å². The number of hydrogen-bond donors (Lipinski definition) is 2. The number of anilines is 2. The average Bonchev–Trinajstić information content (AvgIpc) is 2.99. The van der Waals surface area contributed by atoms with Crippen LogP contribution < -0.4 is 10.2 Å². The zero-order valence-corrected chi connectivity index (χ0v) is 16.8. The van der Waals surface area contributed by atoms with Gasteiger partial charge >= 0.3 is 0 Å². The summed E-state index contributed by atoms with van der Waals surface area (Å²) in [7, 11) is 3.90. The first kappa shape index (κ1) is 19.2. The molecule has 6 heteroatoms. The van der Waals surface area contributed by atoms with Crippen molar-refractivity contribution in [3.8, 4) is 11.3 Å². The number of fused-ring (bicyclic) bond motifs is 1. The largest absolute Gasteiger partial charge is 0.389 e. The van der Waals surface area contributed by atoms with Gasteiger partial charge in [0.15, 0.2) is 5.82 Å². The number of hydrogen-bond acceptors (Lipinski definition) is 5. The van der Waals surface area contributed by atoms with Crippen LogP contribution in [0.25, 0.3) is 22.3 Å². The highest BCUT2D eigenvalue weighted by molar-refractivity contribution is 5.91. The zero-order valence-electron chi connectivity index (χ0n) is 16.8. The van der Waals surface area contributed by atoms with E-state index in [0.717, 1.165) is 47.0 Å². The number of pyridine rings is 1. The fourth-order valence-electron chi connectivity index (χ4n) is 3.31. The second-order valence-corrected chi connectivity index (χ2v) is 7.57. The van der Waals surface area contributed by atoms with E-state index in [1.807, 2.05) is 46.1 Å². The Morgan fingerprint density at radius 1 is 1.19 bits per heavy atom. The van der Waals surface area contributed by atoms with Crippen LogP contribution in [0.5, 0.6) is 0 Å². The first-order chi connectivity index (χ1) is 12.8. The molecule has 0 unspecified atom stereocenters. The van der Waals surface area contributed by atoms with Crippen LogP contribution >= 0.6 is 0 Å². The van der Waals surface area contributed by atoms with Crippen molar-refractivity contribution in [3.05, 3.63) is 36.4 Å². The summed E-state index contributed by atoms with van der Waals surface area (Å²) in [6.07, 6.45) is 1.02. The van der Waals surface area contributed by atoms with Gasteiger partial charge in [0.25, 0.3) is 0 Å². The van der Waals surface area contributed by atoms with Crippen molar-refractivity contribution in [2.45, 2.75) is 39.3 Å². The maximum atomic E-state index is 10.5. The van der Waals surface area contributed by atoms with Crippen molar-refractivity contribution in [2.24, 2.45) is 0 Å². The number of aromatic nitrogens is 3. The van der Waals surface area contributed by atoms with E-state index in [4.69, 9.17) is 9.97 Å². The molecule has 1 aromatic carbocycles. The molecule has 0 amide bonds. The molecule has 0 fully saturated rings. The van der Waals surface area contributed by atoms with Gasteiger partial charge in [-0.1, -0.05) is 37.3 Å². The van der Waals surface area contributed by atoms with Crippen LogP contribution in [0.15, 0.2) is 36.4 Å². The van der Waals surface area contributed by atoms with E-state index in [1.165, 1.54) is 0 Å². The standard InChI is InChI=1S/C21H29N5O/c1-6-12-25(5)20-24-18-17(26(20)14-21(2,3)27)13-16(23-19(18)22-4)15-10-8-7-9-11-15/h7-11,13,27H,6,12,14H2,1-5H3,(H,22,23). The van der Waals surface area contributed by atoms with Crippen LogP contribution in [0.3, 0.4) is 0 Å². The molecule has 2 heterocycles. The summed E-state index contributed by atoms with van der Waals surface area (Å²) in [6, 6.07) is 12.2. The summed E-state index contributed by atoms with van der Waals surface area (Å²) in [4.78, 5) is 11.8. The molecule has 0 atom stereocenters. The van der Waals surface area contributed by atoms with Crippen LogP contribution in [0.4, 0.5) is 11.8 Å². The quantitative estimate of drug-likeness (QED) is 0.666. The molecule has 144 valence electrons. The number of rotatable bonds is 7. The summed E-state index contributed by atoms with van der Waals surface area (Å²) in [5.74, 6) is 1.59. The SMILES string of the molecule is CCCN(C)c1nc2c(NC)nc(-c3ccccc3)cc2n1CC(C)(C)O. The van der Waals surface area contributed by atoms with E-state index in [9.17, 15) is 5.11 Å². The summed E-state index contributed by atoms with van der Waals surface area (Å²) in [5, 5.41) is 13.7. The van der Waals surface area contributed by atoms with E-state index < -0.39 is 5.60 Å². The minimum Gasteiger partial charge on any atom is -0.389 e. The monoisotopic (exact) mass is 367 g/mol. The minimum absolute atomic E-state index is 0.453. The topological polar surface area (TPSA) is 66.2 Å². The Hall–Kier alpha value is -2.60. The van der Waals surface area contributed by atoms with E-state index in [1.54, 1.807) is 0 Å². The van der Waals surface area contributed by atoms with Gasteiger partial charge in [-0.2, -0.15) is 0 Å². The maximum Gasteiger partial charge on any atom is 0.206 e. The van der Waals surface area contributed by atoms with Crippen LogP contribution in [0.2, 0.25) is 0 Å². The lowest BCUT2D eigenvalue weighted by Crippen LogP contribution is -2.29. The smallest absolute Gasteiger partial charge is 0.206 e. The van der Waals surface area contributed by atoms with Gasteiger partial charge < -0.3 is 19.9 Å². The van der Waals surface area contributed by atoms with Crippen molar-refractivity contribution >= 4 is 22.8 Å². The molecule has 0 radical (unpaired) electrons. The lowest BCUT2D eigenvalue weighted by atomic mass is 10.1. The first-order valence-corrected chi connectivity index (χ1v) is 9.42. The lowest BCUT2D eigenvalue weighted by Gasteiger charge is -2.24. The predicted molar refractivity (Wildman–Crippen MR) is 112 cm³/mol. The number of nitrogens with zero attached hydrogens (tertiary/aromatic N) is 4. The molecule has 0 aliphatic rings. The van der Waals surface area contributed by atoms with E-state index in [-0.39, 0.29) is 0 Å². The highest BCUT2D eigenvalue weighted by Gasteiger charge is 2.23. The van der Waals surface area contributed by atoms with Crippen molar-refractivity contribution in [1.29, 1.82) is 0 Å². The molecule has 3 rings (SSSR count). The summed E-state index contributed by atoms with van der Waals surface area (Å²) in [6.45, 7) is 7.13. The Kier molecular flexibility index (Phi) is 5.37. The Morgan fingerprint density at radius 3 is 2.48 bits per heavy atom. The molecule has 2 N–H and O–H groups in total. The molecule has 2 aromatic heterocycles. The van der Waals surface area contributed by atoms with Gasteiger partial charge in [-0.3, -0.25) is 0 Å². The molecule has 0 saturated heterocycles.